The van der Waals surface area contributed by atoms with Gasteiger partial charge in [-0.05, 0) is 29.0 Å². The van der Waals surface area contributed by atoms with Gasteiger partial charge in [0.25, 0.3) is 0 Å². The van der Waals surface area contributed by atoms with Crippen LogP contribution in [0, 0.1) is 5.92 Å². The van der Waals surface area contributed by atoms with Crippen LogP contribution in [0.3, 0.4) is 0 Å². The molecule has 2 aromatic carbocycles. The van der Waals surface area contributed by atoms with Gasteiger partial charge in [-0.3, -0.25) is 15.6 Å². The van der Waals surface area contributed by atoms with Crippen LogP contribution in [0.1, 0.15) is 30.2 Å². The van der Waals surface area contributed by atoms with Crippen LogP contribution in [0.4, 0.5) is 0 Å². The number of carbonyl (C=O) groups excluding carboxylic acids is 1. The third-order valence-corrected chi connectivity index (χ3v) is 5.68. The minimum atomic E-state index is 0.107. The first-order valence-corrected chi connectivity index (χ1v) is 10.8. The van der Waals surface area contributed by atoms with Gasteiger partial charge in [-0.1, -0.05) is 54.6 Å². The summed E-state index contributed by atoms with van der Waals surface area (Å²) in [4.78, 5) is 14.2. The smallest absolute Gasteiger partial charge is 0.222 e. The minimum absolute atomic E-state index is 0.107. The molecule has 0 aliphatic carbocycles. The summed E-state index contributed by atoms with van der Waals surface area (Å²) in [7, 11) is 1.86. The molecule has 1 aliphatic heterocycles. The van der Waals surface area contributed by atoms with Crippen LogP contribution < -0.4 is 10.9 Å². The van der Waals surface area contributed by atoms with Crippen molar-refractivity contribution in [2.24, 2.45) is 5.92 Å². The summed E-state index contributed by atoms with van der Waals surface area (Å²) in [6.07, 6.45) is 2.43. The molecule has 2 N–H and O–H groups in total. The lowest BCUT2D eigenvalue weighted by molar-refractivity contribution is -0.130. The van der Waals surface area contributed by atoms with Gasteiger partial charge < -0.3 is 9.32 Å². The summed E-state index contributed by atoms with van der Waals surface area (Å²) in [6, 6.07) is 18.7. The van der Waals surface area contributed by atoms with Crippen molar-refractivity contribution in [2.45, 2.75) is 25.7 Å². The van der Waals surface area contributed by atoms with E-state index in [4.69, 9.17) is 4.42 Å². The van der Waals surface area contributed by atoms with Gasteiger partial charge in [-0.15, -0.1) is 10.2 Å². The van der Waals surface area contributed by atoms with Crippen molar-refractivity contribution in [1.29, 1.82) is 0 Å². The number of hydrazine groups is 1. The quantitative estimate of drug-likeness (QED) is 0.555. The van der Waals surface area contributed by atoms with E-state index < -0.39 is 0 Å². The molecule has 7 heteroatoms. The summed E-state index contributed by atoms with van der Waals surface area (Å²) < 4.78 is 5.76. The number of nitrogens with one attached hydrogen (secondary N) is 2. The fourth-order valence-corrected chi connectivity index (χ4v) is 3.70. The fourth-order valence-electron chi connectivity index (χ4n) is 3.70. The molecule has 0 atom stereocenters. The Kier molecular flexibility index (Phi) is 7.07. The van der Waals surface area contributed by atoms with Crippen molar-refractivity contribution in [3.8, 4) is 11.1 Å². The van der Waals surface area contributed by atoms with E-state index in [2.05, 4.69) is 57.4 Å². The van der Waals surface area contributed by atoms with Crippen LogP contribution in [0.25, 0.3) is 11.1 Å². The Morgan fingerprint density at radius 2 is 1.68 bits per heavy atom. The van der Waals surface area contributed by atoms with Gasteiger partial charge in [0.15, 0.2) is 0 Å². The van der Waals surface area contributed by atoms with Crippen LogP contribution in [0.15, 0.2) is 59.0 Å². The van der Waals surface area contributed by atoms with Crippen molar-refractivity contribution in [3.05, 3.63) is 71.9 Å². The molecular weight excluding hydrogens is 390 g/mol. The maximum Gasteiger partial charge on any atom is 0.222 e. The molecule has 1 aromatic heterocycles. The molecule has 1 amide bonds. The Balaban J connectivity index is 1.24. The summed E-state index contributed by atoms with van der Waals surface area (Å²) in [5.74, 6) is 1.78. The Morgan fingerprint density at radius 1 is 1.00 bits per heavy atom. The van der Waals surface area contributed by atoms with Crippen molar-refractivity contribution < 1.29 is 9.21 Å². The van der Waals surface area contributed by atoms with Crippen molar-refractivity contribution in [2.75, 3.05) is 26.7 Å². The van der Waals surface area contributed by atoms with E-state index in [1.54, 1.807) is 4.90 Å². The lowest BCUT2D eigenvalue weighted by atomic mass is 10.0. The minimum Gasteiger partial charge on any atom is -0.425 e. The summed E-state index contributed by atoms with van der Waals surface area (Å²) in [5.41, 5.74) is 9.73. The van der Waals surface area contributed by atoms with Crippen molar-refractivity contribution in [1.82, 2.24) is 25.9 Å². The van der Waals surface area contributed by atoms with E-state index in [9.17, 15) is 4.79 Å². The van der Waals surface area contributed by atoms with Gasteiger partial charge >= 0.3 is 0 Å². The second-order valence-corrected chi connectivity index (χ2v) is 8.06. The number of hydrogen-bond donors (Lipinski definition) is 2. The van der Waals surface area contributed by atoms with Gasteiger partial charge in [0.2, 0.25) is 17.7 Å². The van der Waals surface area contributed by atoms with Gasteiger partial charge in [-0.25, -0.2) is 0 Å². The number of hydrogen-bond acceptors (Lipinski definition) is 6. The molecule has 4 rings (SSSR count). The molecule has 1 aliphatic rings. The highest BCUT2D eigenvalue weighted by atomic mass is 16.4. The molecule has 1 fully saturated rings. The summed E-state index contributed by atoms with van der Waals surface area (Å²) in [5, 5.41) is 8.26. The number of carbonyl (C=O) groups is 1. The topological polar surface area (TPSA) is 83.3 Å². The molecule has 0 spiro atoms. The van der Waals surface area contributed by atoms with Gasteiger partial charge in [0.1, 0.15) is 0 Å². The third-order valence-electron chi connectivity index (χ3n) is 5.68. The lowest BCUT2D eigenvalue weighted by Crippen LogP contribution is -2.29. The normalized spacial score (nSPS) is 14.1. The first-order valence-electron chi connectivity index (χ1n) is 10.8. The van der Waals surface area contributed by atoms with Crippen LogP contribution in [-0.2, 0) is 17.6 Å². The number of rotatable bonds is 9. The Labute approximate surface area is 182 Å². The van der Waals surface area contributed by atoms with E-state index in [1.807, 2.05) is 25.2 Å². The summed E-state index contributed by atoms with van der Waals surface area (Å²) in [6.45, 7) is 2.68. The third kappa shape index (κ3) is 5.99. The molecule has 0 bridgehead atoms. The number of nitrogens with zero attached hydrogens (tertiary/aromatic N) is 3. The number of benzene rings is 2. The first kappa shape index (κ1) is 21.2. The number of amides is 1. The van der Waals surface area contributed by atoms with Gasteiger partial charge in [0.05, 0.1) is 6.42 Å². The Morgan fingerprint density at radius 3 is 2.42 bits per heavy atom. The largest absolute Gasteiger partial charge is 0.425 e. The van der Waals surface area contributed by atoms with Crippen LogP contribution in [-0.4, -0.2) is 47.7 Å². The average Bonchev–Trinajstić information content (AvgIpc) is 3.49. The molecule has 31 heavy (non-hydrogen) atoms. The highest BCUT2D eigenvalue weighted by molar-refractivity contribution is 5.76. The van der Waals surface area contributed by atoms with Gasteiger partial charge in [-0.2, -0.15) is 0 Å². The fraction of sp³-hybridized carbons (Fsp3) is 0.375. The van der Waals surface area contributed by atoms with E-state index in [0.29, 0.717) is 37.0 Å². The second kappa shape index (κ2) is 10.3. The highest BCUT2D eigenvalue weighted by Gasteiger charge is 2.17. The molecule has 0 unspecified atom stereocenters. The SMILES string of the molecule is CN(CCC1CNNC1)C(=O)CCc1nnc(Cc2ccc(-c3ccccc3)cc2)o1. The second-order valence-electron chi connectivity index (χ2n) is 8.06. The van der Waals surface area contributed by atoms with Crippen LogP contribution in [0.2, 0.25) is 0 Å². The molecule has 7 nitrogen and oxygen atoms in total. The monoisotopic (exact) mass is 419 g/mol. The van der Waals surface area contributed by atoms with Gasteiger partial charge in [0, 0.05) is 39.5 Å². The maximum absolute atomic E-state index is 12.4. The van der Waals surface area contributed by atoms with E-state index in [1.165, 1.54) is 11.1 Å². The Bertz CT molecular complexity index is 965. The zero-order valence-corrected chi connectivity index (χ0v) is 17.9. The molecule has 162 valence electrons. The van der Waals surface area contributed by atoms with Crippen LogP contribution >= 0.6 is 0 Å². The molecule has 1 saturated heterocycles. The van der Waals surface area contributed by atoms with Crippen molar-refractivity contribution >= 4 is 5.91 Å². The lowest BCUT2D eigenvalue weighted by Gasteiger charge is -2.18. The predicted octanol–water partition coefficient (Wildman–Crippen LogP) is 2.83. The molecular formula is C24H29N5O2. The maximum atomic E-state index is 12.4. The van der Waals surface area contributed by atoms with E-state index >= 15 is 0 Å². The molecule has 2 heterocycles. The zero-order valence-electron chi connectivity index (χ0n) is 17.9. The predicted molar refractivity (Wildman–Crippen MR) is 119 cm³/mol. The standard InChI is InChI=1S/C24H29N5O2/c1-29(14-13-19-16-25-26-17-19)24(30)12-11-22-27-28-23(31-22)15-18-7-9-21(10-8-18)20-5-3-2-4-6-20/h2-10,19,25-26H,11-17H2,1H3. The Hall–Kier alpha value is -3.03. The van der Waals surface area contributed by atoms with E-state index in [0.717, 1.165) is 31.6 Å². The summed E-state index contributed by atoms with van der Waals surface area (Å²) >= 11 is 0. The number of aryl methyl sites for hydroxylation is 1. The first-order chi connectivity index (χ1) is 15.2. The number of aromatic nitrogens is 2. The molecule has 0 saturated carbocycles. The molecule has 0 radical (unpaired) electrons. The van der Waals surface area contributed by atoms with E-state index in [-0.39, 0.29) is 5.91 Å². The van der Waals surface area contributed by atoms with Crippen LogP contribution in [0.5, 0.6) is 0 Å². The average molecular weight is 420 g/mol. The highest BCUT2D eigenvalue weighted by Crippen LogP contribution is 2.20. The van der Waals surface area contributed by atoms with Crippen molar-refractivity contribution in [3.63, 3.8) is 0 Å². The molecule has 3 aromatic rings. The zero-order chi connectivity index (χ0) is 21.5.